The van der Waals surface area contributed by atoms with Gasteiger partial charge in [0.1, 0.15) is 0 Å². The van der Waals surface area contributed by atoms with Gasteiger partial charge in [0.05, 0.1) is 11.0 Å². The third kappa shape index (κ3) is 3.90. The van der Waals surface area contributed by atoms with E-state index in [0.29, 0.717) is 18.9 Å². The zero-order chi connectivity index (χ0) is 17.3. The van der Waals surface area contributed by atoms with Gasteiger partial charge in [-0.1, -0.05) is 12.1 Å². The molecule has 7 heteroatoms. The van der Waals surface area contributed by atoms with Crippen molar-refractivity contribution in [2.45, 2.75) is 38.8 Å². The molecule has 2 heterocycles. The van der Waals surface area contributed by atoms with E-state index in [4.69, 9.17) is 5.73 Å². The van der Waals surface area contributed by atoms with Crippen molar-refractivity contribution in [1.29, 1.82) is 0 Å². The van der Waals surface area contributed by atoms with Gasteiger partial charge in [-0.05, 0) is 37.8 Å². The number of piperidine rings is 1. The summed E-state index contributed by atoms with van der Waals surface area (Å²) < 4.78 is 3.33. The molecular weight excluding hydrogens is 340 g/mol. The van der Waals surface area contributed by atoms with Gasteiger partial charge in [-0.25, -0.2) is 4.79 Å². The molecule has 2 atom stereocenters. The second-order valence-corrected chi connectivity index (χ2v) is 6.83. The fourth-order valence-electron chi connectivity index (χ4n) is 3.61. The number of carbonyl (C=O) groups is 1. The van der Waals surface area contributed by atoms with Gasteiger partial charge in [0, 0.05) is 39.1 Å². The van der Waals surface area contributed by atoms with Crippen LogP contribution >= 0.6 is 12.4 Å². The van der Waals surface area contributed by atoms with Gasteiger partial charge in [0.15, 0.2) is 0 Å². The Bertz CT molecular complexity index is 796. The Hall–Kier alpha value is -1.79. The van der Waals surface area contributed by atoms with Crippen molar-refractivity contribution < 1.29 is 4.79 Å². The summed E-state index contributed by atoms with van der Waals surface area (Å²) in [5, 5.41) is 0. The number of hydrogen-bond acceptors (Lipinski definition) is 3. The zero-order valence-electron chi connectivity index (χ0n) is 14.9. The second-order valence-electron chi connectivity index (χ2n) is 6.83. The largest absolute Gasteiger partial charge is 0.342 e. The molecule has 1 fully saturated rings. The lowest BCUT2D eigenvalue weighted by Gasteiger charge is -2.34. The molecular formula is C18H27ClN4O2. The SMILES string of the molecule is CC(N)C1CCCN(C(=O)CCn2c(=O)n(C)c3ccccc32)C1.Cl. The van der Waals surface area contributed by atoms with Crippen molar-refractivity contribution in [1.82, 2.24) is 14.0 Å². The molecule has 1 aromatic carbocycles. The molecule has 0 aliphatic carbocycles. The molecule has 0 radical (unpaired) electrons. The molecule has 1 saturated heterocycles. The van der Waals surface area contributed by atoms with E-state index in [9.17, 15) is 9.59 Å². The number of para-hydroxylation sites is 2. The van der Waals surface area contributed by atoms with Crippen LogP contribution in [-0.2, 0) is 18.4 Å². The van der Waals surface area contributed by atoms with Gasteiger partial charge in [-0.2, -0.15) is 0 Å². The van der Waals surface area contributed by atoms with Crippen molar-refractivity contribution in [2.24, 2.45) is 18.7 Å². The predicted octanol–water partition coefficient (Wildman–Crippen LogP) is 1.74. The molecule has 3 rings (SSSR count). The normalized spacial score (nSPS) is 18.8. The van der Waals surface area contributed by atoms with E-state index in [1.165, 1.54) is 0 Å². The maximum atomic E-state index is 12.6. The third-order valence-corrected chi connectivity index (χ3v) is 5.16. The van der Waals surface area contributed by atoms with Crippen molar-refractivity contribution in [3.05, 3.63) is 34.7 Å². The van der Waals surface area contributed by atoms with Gasteiger partial charge in [0.25, 0.3) is 0 Å². The average Bonchev–Trinajstić information content (AvgIpc) is 2.84. The molecule has 2 N–H and O–H groups in total. The first-order valence-corrected chi connectivity index (χ1v) is 8.66. The quantitative estimate of drug-likeness (QED) is 0.895. The van der Waals surface area contributed by atoms with Gasteiger partial charge in [0.2, 0.25) is 5.91 Å². The molecule has 1 aliphatic heterocycles. The first-order valence-electron chi connectivity index (χ1n) is 8.66. The van der Waals surface area contributed by atoms with E-state index in [1.807, 2.05) is 36.1 Å². The Labute approximate surface area is 154 Å². The van der Waals surface area contributed by atoms with E-state index in [2.05, 4.69) is 0 Å². The predicted molar refractivity (Wildman–Crippen MR) is 102 cm³/mol. The van der Waals surface area contributed by atoms with Crippen LogP contribution in [0.4, 0.5) is 0 Å². The van der Waals surface area contributed by atoms with E-state index in [-0.39, 0.29) is 30.0 Å². The molecule has 0 saturated carbocycles. The Balaban J connectivity index is 0.00000225. The zero-order valence-corrected chi connectivity index (χ0v) is 15.7. The number of hydrogen-bond donors (Lipinski definition) is 1. The van der Waals surface area contributed by atoms with Crippen molar-refractivity contribution in [3.63, 3.8) is 0 Å². The highest BCUT2D eigenvalue weighted by atomic mass is 35.5. The molecule has 2 unspecified atom stereocenters. The highest BCUT2D eigenvalue weighted by Gasteiger charge is 2.25. The molecule has 6 nitrogen and oxygen atoms in total. The molecule has 2 aromatic rings. The molecule has 138 valence electrons. The second kappa shape index (κ2) is 8.06. The number of benzene rings is 1. The number of nitrogens with two attached hydrogens (primary N) is 1. The number of aromatic nitrogens is 2. The lowest BCUT2D eigenvalue weighted by atomic mass is 9.92. The molecule has 25 heavy (non-hydrogen) atoms. The van der Waals surface area contributed by atoms with Crippen LogP contribution in [0.25, 0.3) is 11.0 Å². The summed E-state index contributed by atoms with van der Waals surface area (Å²) in [5.41, 5.74) is 7.69. The summed E-state index contributed by atoms with van der Waals surface area (Å²) in [4.78, 5) is 26.9. The van der Waals surface area contributed by atoms with Crippen LogP contribution in [0.2, 0.25) is 0 Å². The van der Waals surface area contributed by atoms with Gasteiger partial charge >= 0.3 is 5.69 Å². The molecule has 1 aliphatic rings. The first kappa shape index (κ1) is 19.5. The van der Waals surface area contributed by atoms with Crippen molar-refractivity contribution >= 4 is 29.3 Å². The summed E-state index contributed by atoms with van der Waals surface area (Å²) in [7, 11) is 1.76. The van der Waals surface area contributed by atoms with E-state index < -0.39 is 0 Å². The summed E-state index contributed by atoms with van der Waals surface area (Å²) in [6, 6.07) is 7.79. The number of imidazole rings is 1. The minimum Gasteiger partial charge on any atom is -0.342 e. The van der Waals surface area contributed by atoms with Crippen LogP contribution in [0.3, 0.4) is 0 Å². The number of amides is 1. The number of carbonyl (C=O) groups excluding carboxylic acids is 1. The monoisotopic (exact) mass is 366 g/mol. The summed E-state index contributed by atoms with van der Waals surface area (Å²) in [5.74, 6) is 0.489. The Morgan fingerprint density at radius 1 is 1.32 bits per heavy atom. The van der Waals surface area contributed by atoms with Crippen LogP contribution in [0.5, 0.6) is 0 Å². The maximum Gasteiger partial charge on any atom is 0.328 e. The first-order chi connectivity index (χ1) is 11.5. The van der Waals surface area contributed by atoms with Crippen LogP contribution in [-0.4, -0.2) is 39.1 Å². The van der Waals surface area contributed by atoms with Gasteiger partial charge in [-0.15, -0.1) is 12.4 Å². The minimum atomic E-state index is -0.0731. The average molecular weight is 367 g/mol. The topological polar surface area (TPSA) is 73.3 Å². The number of rotatable bonds is 4. The number of fused-ring (bicyclic) bond motifs is 1. The van der Waals surface area contributed by atoms with Crippen LogP contribution in [0.15, 0.2) is 29.1 Å². The number of nitrogens with zero attached hydrogens (tertiary/aromatic N) is 3. The van der Waals surface area contributed by atoms with Crippen molar-refractivity contribution in [2.75, 3.05) is 13.1 Å². The Morgan fingerprint density at radius 3 is 2.68 bits per heavy atom. The summed E-state index contributed by atoms with van der Waals surface area (Å²) in [6.45, 7) is 3.96. The van der Waals surface area contributed by atoms with Crippen LogP contribution < -0.4 is 11.4 Å². The number of halogens is 1. The van der Waals surface area contributed by atoms with Gasteiger partial charge in [-0.3, -0.25) is 13.9 Å². The van der Waals surface area contributed by atoms with Gasteiger partial charge < -0.3 is 10.6 Å². The van der Waals surface area contributed by atoms with E-state index >= 15 is 0 Å². The summed E-state index contributed by atoms with van der Waals surface area (Å²) >= 11 is 0. The lowest BCUT2D eigenvalue weighted by molar-refractivity contribution is -0.133. The van der Waals surface area contributed by atoms with E-state index in [1.54, 1.807) is 16.2 Å². The summed E-state index contributed by atoms with van der Waals surface area (Å²) in [6.07, 6.45) is 2.44. The van der Waals surface area contributed by atoms with Crippen LogP contribution in [0.1, 0.15) is 26.2 Å². The maximum absolute atomic E-state index is 12.6. The fourth-order valence-corrected chi connectivity index (χ4v) is 3.61. The van der Waals surface area contributed by atoms with Crippen LogP contribution in [0, 0.1) is 5.92 Å². The highest BCUT2D eigenvalue weighted by molar-refractivity contribution is 5.85. The van der Waals surface area contributed by atoms with E-state index in [0.717, 1.165) is 37.0 Å². The molecule has 0 spiro atoms. The smallest absolute Gasteiger partial charge is 0.328 e. The molecule has 1 amide bonds. The Kier molecular flexibility index (Phi) is 6.30. The fraction of sp³-hybridized carbons (Fsp3) is 0.556. The molecule has 1 aromatic heterocycles. The number of likely N-dealkylation sites (tertiary alicyclic amines) is 1. The lowest BCUT2D eigenvalue weighted by Crippen LogP contribution is -2.45. The number of aryl methyl sites for hydroxylation is 2. The Morgan fingerprint density at radius 2 is 2.00 bits per heavy atom. The third-order valence-electron chi connectivity index (χ3n) is 5.16. The standard InChI is InChI=1S/C18H26N4O2.ClH/c1-13(19)14-6-5-10-21(12-14)17(23)9-11-22-16-8-4-3-7-15(16)20(2)18(22)24;/h3-4,7-8,13-14H,5-6,9-12,19H2,1-2H3;1H. The van der Waals surface area contributed by atoms with Crippen molar-refractivity contribution in [3.8, 4) is 0 Å². The highest BCUT2D eigenvalue weighted by Crippen LogP contribution is 2.19. The minimum absolute atomic E-state index is 0. The molecule has 0 bridgehead atoms.